The number of hydrogen-bond donors (Lipinski definition) is 2. The molecule has 4 heteroatoms. The summed E-state index contributed by atoms with van der Waals surface area (Å²) < 4.78 is 4.85. The fourth-order valence-electron chi connectivity index (χ4n) is 1.50. The van der Waals surface area contributed by atoms with Crippen molar-refractivity contribution in [2.75, 3.05) is 33.4 Å². The Bertz CT molecular complexity index is 156. The molecular formula is C9H18N2O2. The predicted molar refractivity (Wildman–Crippen MR) is 50.5 cm³/mol. The van der Waals surface area contributed by atoms with Gasteiger partial charge < -0.3 is 15.4 Å². The molecule has 1 aliphatic heterocycles. The Morgan fingerprint density at radius 2 is 2.54 bits per heavy atom. The molecule has 0 aliphatic carbocycles. The first-order valence-corrected chi connectivity index (χ1v) is 4.82. The van der Waals surface area contributed by atoms with Crippen LogP contribution in [0.3, 0.4) is 0 Å². The van der Waals surface area contributed by atoms with E-state index in [0.717, 1.165) is 25.9 Å². The van der Waals surface area contributed by atoms with E-state index in [2.05, 4.69) is 10.6 Å². The molecule has 0 aromatic heterocycles. The van der Waals surface area contributed by atoms with Gasteiger partial charge in [0.2, 0.25) is 5.91 Å². The van der Waals surface area contributed by atoms with Crippen molar-refractivity contribution in [3.8, 4) is 0 Å². The van der Waals surface area contributed by atoms with Crippen LogP contribution in [0.2, 0.25) is 0 Å². The van der Waals surface area contributed by atoms with Gasteiger partial charge in [0.25, 0.3) is 0 Å². The first-order chi connectivity index (χ1) is 6.34. The van der Waals surface area contributed by atoms with Crippen LogP contribution in [0.25, 0.3) is 0 Å². The van der Waals surface area contributed by atoms with Crippen LogP contribution in [-0.4, -0.2) is 39.3 Å². The molecule has 1 unspecified atom stereocenters. The molecule has 1 amide bonds. The van der Waals surface area contributed by atoms with Gasteiger partial charge in [-0.05, 0) is 19.4 Å². The number of methoxy groups -OCH3 is 1. The third-order valence-electron chi connectivity index (χ3n) is 2.27. The number of nitrogens with one attached hydrogen (secondary N) is 2. The Hall–Kier alpha value is -0.610. The second kappa shape index (κ2) is 5.94. The number of hydrogen-bond acceptors (Lipinski definition) is 3. The topological polar surface area (TPSA) is 50.4 Å². The van der Waals surface area contributed by atoms with Gasteiger partial charge in [0.15, 0.2) is 0 Å². The first-order valence-electron chi connectivity index (χ1n) is 4.82. The average molecular weight is 186 g/mol. The van der Waals surface area contributed by atoms with Gasteiger partial charge in [-0.2, -0.15) is 0 Å². The summed E-state index contributed by atoms with van der Waals surface area (Å²) in [5, 5.41) is 6.06. The molecule has 0 aromatic rings. The summed E-state index contributed by atoms with van der Waals surface area (Å²) in [6.45, 7) is 3.07. The first kappa shape index (κ1) is 10.5. The van der Waals surface area contributed by atoms with Gasteiger partial charge in [0.1, 0.15) is 0 Å². The van der Waals surface area contributed by atoms with Crippen molar-refractivity contribution in [1.82, 2.24) is 10.6 Å². The molecule has 0 bridgehead atoms. The molecule has 4 nitrogen and oxygen atoms in total. The van der Waals surface area contributed by atoms with E-state index < -0.39 is 0 Å². The number of piperidine rings is 1. The zero-order valence-electron chi connectivity index (χ0n) is 8.14. The van der Waals surface area contributed by atoms with Gasteiger partial charge in [-0.15, -0.1) is 0 Å². The Kier molecular flexibility index (Phi) is 4.78. The van der Waals surface area contributed by atoms with Crippen LogP contribution >= 0.6 is 0 Å². The Labute approximate surface area is 79.0 Å². The monoisotopic (exact) mass is 186 g/mol. The maximum absolute atomic E-state index is 11.5. The van der Waals surface area contributed by atoms with Crippen molar-refractivity contribution in [3.05, 3.63) is 0 Å². The molecule has 0 saturated carbocycles. The van der Waals surface area contributed by atoms with E-state index in [4.69, 9.17) is 4.74 Å². The number of carbonyl (C=O) groups is 1. The lowest BCUT2D eigenvalue weighted by atomic mass is 9.99. The van der Waals surface area contributed by atoms with Crippen LogP contribution in [0.15, 0.2) is 0 Å². The highest BCUT2D eigenvalue weighted by atomic mass is 16.5. The van der Waals surface area contributed by atoms with Gasteiger partial charge in [-0.3, -0.25) is 4.79 Å². The molecule has 0 spiro atoms. The van der Waals surface area contributed by atoms with Crippen molar-refractivity contribution in [2.45, 2.75) is 12.8 Å². The van der Waals surface area contributed by atoms with Crippen LogP contribution in [0.4, 0.5) is 0 Å². The number of rotatable bonds is 4. The molecule has 0 radical (unpaired) electrons. The second-order valence-electron chi connectivity index (χ2n) is 3.33. The molecule has 0 aromatic carbocycles. The number of carbonyl (C=O) groups excluding carboxylic acids is 1. The van der Waals surface area contributed by atoms with Crippen molar-refractivity contribution in [2.24, 2.45) is 5.92 Å². The normalized spacial score (nSPS) is 22.7. The highest BCUT2D eigenvalue weighted by Crippen LogP contribution is 2.09. The minimum atomic E-state index is 0.157. The Morgan fingerprint density at radius 3 is 3.15 bits per heavy atom. The van der Waals surface area contributed by atoms with E-state index in [-0.39, 0.29) is 11.8 Å². The number of amides is 1. The van der Waals surface area contributed by atoms with E-state index in [1.165, 1.54) is 0 Å². The summed E-state index contributed by atoms with van der Waals surface area (Å²) >= 11 is 0. The van der Waals surface area contributed by atoms with Crippen LogP contribution in [0.5, 0.6) is 0 Å². The summed E-state index contributed by atoms with van der Waals surface area (Å²) in [5.41, 5.74) is 0. The third-order valence-corrected chi connectivity index (χ3v) is 2.27. The zero-order valence-corrected chi connectivity index (χ0v) is 8.14. The van der Waals surface area contributed by atoms with E-state index in [1.807, 2.05) is 0 Å². The summed E-state index contributed by atoms with van der Waals surface area (Å²) in [6, 6.07) is 0. The fourth-order valence-corrected chi connectivity index (χ4v) is 1.50. The SMILES string of the molecule is COCCNC(=O)C1CCCNC1. The van der Waals surface area contributed by atoms with Gasteiger partial charge in [-0.1, -0.05) is 0 Å². The van der Waals surface area contributed by atoms with E-state index in [9.17, 15) is 4.79 Å². The van der Waals surface area contributed by atoms with Crippen LogP contribution in [0, 0.1) is 5.92 Å². The molecule has 1 fully saturated rings. The molecule has 2 N–H and O–H groups in total. The summed E-state index contributed by atoms with van der Waals surface area (Å²) in [4.78, 5) is 11.5. The summed E-state index contributed by atoms with van der Waals surface area (Å²) in [6.07, 6.45) is 2.11. The highest BCUT2D eigenvalue weighted by molar-refractivity contribution is 5.78. The van der Waals surface area contributed by atoms with Crippen LogP contribution in [0.1, 0.15) is 12.8 Å². The van der Waals surface area contributed by atoms with E-state index in [0.29, 0.717) is 13.2 Å². The second-order valence-corrected chi connectivity index (χ2v) is 3.33. The molecule has 1 atom stereocenters. The lowest BCUT2D eigenvalue weighted by Crippen LogP contribution is -2.41. The molecule has 76 valence electrons. The maximum Gasteiger partial charge on any atom is 0.224 e. The summed E-state index contributed by atoms with van der Waals surface area (Å²) in [5.74, 6) is 0.315. The average Bonchev–Trinajstić information content (AvgIpc) is 2.19. The Morgan fingerprint density at radius 1 is 1.69 bits per heavy atom. The smallest absolute Gasteiger partial charge is 0.224 e. The highest BCUT2D eigenvalue weighted by Gasteiger charge is 2.19. The van der Waals surface area contributed by atoms with Gasteiger partial charge in [-0.25, -0.2) is 0 Å². The van der Waals surface area contributed by atoms with Crippen molar-refractivity contribution in [1.29, 1.82) is 0 Å². The molecule has 1 saturated heterocycles. The Balaban J connectivity index is 2.13. The third kappa shape index (κ3) is 3.74. The van der Waals surface area contributed by atoms with Gasteiger partial charge in [0, 0.05) is 20.2 Å². The van der Waals surface area contributed by atoms with Gasteiger partial charge in [0.05, 0.1) is 12.5 Å². The largest absolute Gasteiger partial charge is 0.383 e. The van der Waals surface area contributed by atoms with Crippen LogP contribution < -0.4 is 10.6 Å². The minimum Gasteiger partial charge on any atom is -0.383 e. The van der Waals surface area contributed by atoms with E-state index in [1.54, 1.807) is 7.11 Å². The lowest BCUT2D eigenvalue weighted by molar-refractivity contribution is -0.125. The lowest BCUT2D eigenvalue weighted by Gasteiger charge is -2.21. The standard InChI is InChI=1S/C9H18N2O2/c1-13-6-5-11-9(12)8-3-2-4-10-7-8/h8,10H,2-7H2,1H3,(H,11,12). The minimum absolute atomic E-state index is 0.157. The summed E-state index contributed by atoms with van der Waals surface area (Å²) in [7, 11) is 1.63. The van der Waals surface area contributed by atoms with Crippen LogP contribution in [-0.2, 0) is 9.53 Å². The predicted octanol–water partition coefficient (Wildman–Crippen LogP) is -0.251. The van der Waals surface area contributed by atoms with Crippen molar-refractivity contribution < 1.29 is 9.53 Å². The molecular weight excluding hydrogens is 168 g/mol. The quantitative estimate of drug-likeness (QED) is 0.595. The molecule has 13 heavy (non-hydrogen) atoms. The molecule has 1 heterocycles. The van der Waals surface area contributed by atoms with Crippen molar-refractivity contribution in [3.63, 3.8) is 0 Å². The molecule has 1 aliphatic rings. The number of ether oxygens (including phenoxy) is 1. The molecule has 1 rings (SSSR count). The zero-order chi connectivity index (χ0) is 9.52. The van der Waals surface area contributed by atoms with E-state index >= 15 is 0 Å². The van der Waals surface area contributed by atoms with Crippen molar-refractivity contribution >= 4 is 5.91 Å². The van der Waals surface area contributed by atoms with Gasteiger partial charge >= 0.3 is 0 Å². The fraction of sp³-hybridized carbons (Fsp3) is 0.889. The maximum atomic E-state index is 11.5.